The zero-order valence-corrected chi connectivity index (χ0v) is 14.5. The highest BCUT2D eigenvalue weighted by Gasteiger charge is 2.27. The minimum atomic E-state index is -3.41. The van der Waals surface area contributed by atoms with Crippen molar-refractivity contribution in [1.29, 1.82) is 0 Å². The fourth-order valence-corrected chi connectivity index (χ4v) is 5.19. The second-order valence-corrected chi connectivity index (χ2v) is 8.67. The lowest BCUT2D eigenvalue weighted by molar-refractivity contribution is 0.439. The lowest BCUT2D eigenvalue weighted by Gasteiger charge is -2.30. The monoisotopic (exact) mass is 363 g/mol. The average molecular weight is 363 g/mol. The summed E-state index contributed by atoms with van der Waals surface area (Å²) in [6.45, 7) is 1.43. The van der Waals surface area contributed by atoms with Crippen molar-refractivity contribution in [1.82, 2.24) is 9.71 Å². The molecule has 0 aliphatic carbocycles. The van der Waals surface area contributed by atoms with Crippen molar-refractivity contribution in [3.8, 4) is 0 Å². The third-order valence-electron chi connectivity index (χ3n) is 4.13. The summed E-state index contributed by atoms with van der Waals surface area (Å²) in [5, 5.41) is 1.77. The number of sulfonamides is 1. The summed E-state index contributed by atoms with van der Waals surface area (Å²) in [6, 6.07) is 11.6. The zero-order valence-electron chi connectivity index (χ0n) is 12.9. The number of para-hydroxylation sites is 2. The lowest BCUT2D eigenvalue weighted by atomic mass is 10.1. The van der Waals surface area contributed by atoms with Gasteiger partial charge in [-0.15, -0.1) is 11.3 Å². The number of benzene rings is 1. The fraction of sp³-hybridized carbons (Fsp3) is 0.312. The van der Waals surface area contributed by atoms with Crippen LogP contribution in [0, 0.1) is 0 Å². The molecule has 0 unspecified atom stereocenters. The van der Waals surface area contributed by atoms with E-state index in [2.05, 4.69) is 14.6 Å². The van der Waals surface area contributed by atoms with E-state index in [-0.39, 0.29) is 6.04 Å². The maximum Gasteiger partial charge on any atom is 0.298 e. The summed E-state index contributed by atoms with van der Waals surface area (Å²) in [4.78, 5) is 6.56. The van der Waals surface area contributed by atoms with Crippen LogP contribution < -0.4 is 9.62 Å². The van der Waals surface area contributed by atoms with Gasteiger partial charge in [0.2, 0.25) is 10.0 Å². The molecule has 0 spiro atoms. The van der Waals surface area contributed by atoms with Crippen LogP contribution in [0.3, 0.4) is 0 Å². The molecule has 4 rings (SSSR count). The first-order valence-electron chi connectivity index (χ1n) is 7.78. The maximum atomic E-state index is 12.3. The average Bonchev–Trinajstić information content (AvgIpc) is 3.25. The Balaban J connectivity index is 1.41. The number of rotatable bonds is 4. The Labute approximate surface area is 144 Å². The van der Waals surface area contributed by atoms with Crippen LogP contribution in [0.25, 0.3) is 11.1 Å². The second kappa shape index (κ2) is 6.19. The van der Waals surface area contributed by atoms with Crippen LogP contribution in [0.2, 0.25) is 0 Å². The number of hydrogen-bond donors (Lipinski definition) is 1. The first kappa shape index (κ1) is 15.6. The van der Waals surface area contributed by atoms with Crippen molar-refractivity contribution in [2.24, 2.45) is 0 Å². The summed E-state index contributed by atoms with van der Waals surface area (Å²) in [7, 11) is -3.41. The quantitative estimate of drug-likeness (QED) is 0.771. The molecular formula is C16H17N3O3S2. The number of aromatic nitrogens is 1. The fourth-order valence-electron chi connectivity index (χ4n) is 2.88. The third kappa shape index (κ3) is 3.04. The van der Waals surface area contributed by atoms with E-state index in [0.29, 0.717) is 23.3 Å². The van der Waals surface area contributed by atoms with Crippen LogP contribution in [0.5, 0.6) is 0 Å². The number of nitrogens with zero attached hydrogens (tertiary/aromatic N) is 2. The summed E-state index contributed by atoms with van der Waals surface area (Å²) in [6.07, 6.45) is 1.45. The molecule has 1 N–H and O–H groups in total. The van der Waals surface area contributed by atoms with Gasteiger partial charge in [0.05, 0.1) is 0 Å². The molecule has 0 saturated carbocycles. The number of oxazole rings is 1. The number of anilines is 1. The van der Waals surface area contributed by atoms with Gasteiger partial charge in [0.15, 0.2) is 5.58 Å². The minimum Gasteiger partial charge on any atom is -0.423 e. The molecule has 0 amide bonds. The van der Waals surface area contributed by atoms with Crippen LogP contribution in [0.15, 0.2) is 50.4 Å². The Bertz CT molecular complexity index is 894. The van der Waals surface area contributed by atoms with Crippen molar-refractivity contribution in [3.05, 3.63) is 41.8 Å². The Kier molecular flexibility index (Phi) is 4.03. The first-order valence-corrected chi connectivity index (χ1v) is 10.1. The van der Waals surface area contributed by atoms with Gasteiger partial charge < -0.3 is 9.32 Å². The molecule has 8 heteroatoms. The molecule has 1 saturated heterocycles. The normalized spacial score (nSPS) is 16.8. The van der Waals surface area contributed by atoms with E-state index >= 15 is 0 Å². The smallest absolute Gasteiger partial charge is 0.298 e. The highest BCUT2D eigenvalue weighted by molar-refractivity contribution is 7.91. The van der Waals surface area contributed by atoms with E-state index in [0.717, 1.165) is 23.9 Å². The molecule has 0 bridgehead atoms. The topological polar surface area (TPSA) is 75.4 Å². The van der Waals surface area contributed by atoms with Crippen molar-refractivity contribution in [3.63, 3.8) is 0 Å². The van der Waals surface area contributed by atoms with Gasteiger partial charge in [0.25, 0.3) is 6.01 Å². The molecule has 6 nitrogen and oxygen atoms in total. The predicted molar refractivity (Wildman–Crippen MR) is 93.9 cm³/mol. The van der Waals surface area contributed by atoms with Gasteiger partial charge >= 0.3 is 0 Å². The highest BCUT2D eigenvalue weighted by atomic mass is 32.2. The van der Waals surface area contributed by atoms with E-state index in [4.69, 9.17) is 4.42 Å². The van der Waals surface area contributed by atoms with E-state index in [1.807, 2.05) is 24.3 Å². The Morgan fingerprint density at radius 2 is 1.96 bits per heavy atom. The molecule has 126 valence electrons. The number of hydrogen-bond acceptors (Lipinski definition) is 6. The van der Waals surface area contributed by atoms with Gasteiger partial charge in [-0.1, -0.05) is 18.2 Å². The van der Waals surface area contributed by atoms with Gasteiger partial charge in [0.1, 0.15) is 9.73 Å². The van der Waals surface area contributed by atoms with Crippen molar-refractivity contribution >= 4 is 38.5 Å². The second-order valence-electron chi connectivity index (χ2n) is 5.78. The van der Waals surface area contributed by atoms with Crippen LogP contribution in [0.1, 0.15) is 12.8 Å². The predicted octanol–water partition coefficient (Wildman–Crippen LogP) is 2.84. The van der Waals surface area contributed by atoms with Crippen molar-refractivity contribution in [2.75, 3.05) is 18.0 Å². The third-order valence-corrected chi connectivity index (χ3v) is 7.05. The molecule has 24 heavy (non-hydrogen) atoms. The minimum absolute atomic E-state index is 0.0577. The molecule has 1 fully saturated rings. The molecule has 2 aromatic heterocycles. The number of piperidine rings is 1. The van der Waals surface area contributed by atoms with E-state index < -0.39 is 10.0 Å². The first-order chi connectivity index (χ1) is 11.6. The summed E-state index contributed by atoms with van der Waals surface area (Å²) >= 11 is 1.23. The molecule has 3 heterocycles. The van der Waals surface area contributed by atoms with E-state index in [1.54, 1.807) is 17.5 Å². The van der Waals surface area contributed by atoms with Crippen LogP contribution in [-0.4, -0.2) is 32.5 Å². The van der Waals surface area contributed by atoms with Gasteiger partial charge in [-0.25, -0.2) is 13.1 Å². The molecule has 1 aliphatic rings. The van der Waals surface area contributed by atoms with Gasteiger partial charge in [0, 0.05) is 19.1 Å². The Morgan fingerprint density at radius 1 is 1.17 bits per heavy atom. The van der Waals surface area contributed by atoms with Crippen LogP contribution >= 0.6 is 11.3 Å². The Morgan fingerprint density at radius 3 is 2.67 bits per heavy atom. The molecule has 1 aromatic carbocycles. The van der Waals surface area contributed by atoms with Crippen LogP contribution in [0.4, 0.5) is 6.01 Å². The number of nitrogens with one attached hydrogen (secondary N) is 1. The largest absolute Gasteiger partial charge is 0.423 e. The van der Waals surface area contributed by atoms with Gasteiger partial charge in [-0.05, 0) is 36.4 Å². The molecule has 0 atom stereocenters. The molecule has 1 aliphatic heterocycles. The molecule has 0 radical (unpaired) electrons. The van der Waals surface area contributed by atoms with Gasteiger partial charge in [-0.3, -0.25) is 0 Å². The number of fused-ring (bicyclic) bond motifs is 1. The Hall–Kier alpha value is -1.90. The zero-order chi connectivity index (χ0) is 16.6. The standard InChI is InChI=1S/C16H17N3O3S2/c20-24(21,15-6-3-11-23-15)18-12-7-9-19(10-8-12)16-17-13-4-1-2-5-14(13)22-16/h1-6,11-12,18H,7-10H2. The van der Waals surface area contributed by atoms with E-state index in [9.17, 15) is 8.42 Å². The van der Waals surface area contributed by atoms with E-state index in [1.165, 1.54) is 11.3 Å². The lowest BCUT2D eigenvalue weighted by Crippen LogP contribution is -2.44. The van der Waals surface area contributed by atoms with Crippen molar-refractivity contribution < 1.29 is 12.8 Å². The summed E-state index contributed by atoms with van der Waals surface area (Å²) < 4.78 is 33.5. The number of thiophene rings is 1. The molecule has 3 aromatic rings. The maximum absolute atomic E-state index is 12.3. The van der Waals surface area contributed by atoms with Gasteiger partial charge in [-0.2, -0.15) is 4.98 Å². The highest BCUT2D eigenvalue weighted by Crippen LogP contribution is 2.25. The summed E-state index contributed by atoms with van der Waals surface area (Å²) in [5.74, 6) is 0. The SMILES string of the molecule is O=S(=O)(NC1CCN(c2nc3ccccc3o2)CC1)c1cccs1. The molecular weight excluding hydrogens is 346 g/mol. The van der Waals surface area contributed by atoms with Crippen LogP contribution in [-0.2, 0) is 10.0 Å². The van der Waals surface area contributed by atoms with Crippen molar-refractivity contribution in [2.45, 2.75) is 23.1 Å². The summed E-state index contributed by atoms with van der Waals surface area (Å²) in [5.41, 5.74) is 1.61.